The van der Waals surface area contributed by atoms with Crippen molar-refractivity contribution in [3.05, 3.63) is 12.2 Å². The van der Waals surface area contributed by atoms with Crippen LogP contribution in [0.4, 0.5) is 0 Å². The van der Waals surface area contributed by atoms with Gasteiger partial charge < -0.3 is 15.2 Å². The summed E-state index contributed by atoms with van der Waals surface area (Å²) in [7, 11) is 0. The lowest BCUT2D eigenvalue weighted by Crippen LogP contribution is -2.38. The van der Waals surface area contributed by atoms with Gasteiger partial charge in [0.05, 0.1) is 5.92 Å². The Morgan fingerprint density at radius 1 is 1.59 bits per heavy atom. The molecule has 17 heavy (non-hydrogen) atoms. The predicted octanol–water partition coefficient (Wildman–Crippen LogP) is -0.131. The molecule has 0 saturated carbocycles. The fourth-order valence-electron chi connectivity index (χ4n) is 2.84. The van der Waals surface area contributed by atoms with Crippen LogP contribution >= 0.6 is 0 Å². The SMILES string of the molecule is O=C(NCCc1ncno1)C1CC2CCC1N2. The molecule has 1 amide bonds. The average molecular weight is 236 g/mol. The highest BCUT2D eigenvalue weighted by molar-refractivity contribution is 5.80. The highest BCUT2D eigenvalue weighted by Gasteiger charge is 2.42. The van der Waals surface area contributed by atoms with E-state index in [0.717, 1.165) is 12.8 Å². The number of nitrogens with zero attached hydrogens (tertiary/aromatic N) is 2. The number of amides is 1. The molecule has 6 nitrogen and oxygen atoms in total. The number of hydrogen-bond acceptors (Lipinski definition) is 5. The van der Waals surface area contributed by atoms with E-state index in [1.165, 1.54) is 12.7 Å². The van der Waals surface area contributed by atoms with E-state index in [1.807, 2.05) is 0 Å². The smallest absolute Gasteiger partial charge is 0.228 e. The Balaban J connectivity index is 1.45. The minimum Gasteiger partial charge on any atom is -0.355 e. The van der Waals surface area contributed by atoms with Gasteiger partial charge in [0.2, 0.25) is 11.8 Å². The Labute approximate surface area is 99.2 Å². The first-order valence-electron chi connectivity index (χ1n) is 6.12. The number of carbonyl (C=O) groups is 1. The van der Waals surface area contributed by atoms with E-state index < -0.39 is 0 Å². The number of fused-ring (bicyclic) bond motifs is 2. The van der Waals surface area contributed by atoms with Crippen molar-refractivity contribution in [3.8, 4) is 0 Å². The quantitative estimate of drug-likeness (QED) is 0.761. The summed E-state index contributed by atoms with van der Waals surface area (Å²) >= 11 is 0. The minimum atomic E-state index is 0.149. The number of nitrogens with one attached hydrogen (secondary N) is 2. The van der Waals surface area contributed by atoms with Crippen LogP contribution in [0.3, 0.4) is 0 Å². The van der Waals surface area contributed by atoms with Crippen molar-refractivity contribution in [2.24, 2.45) is 5.92 Å². The number of rotatable bonds is 4. The summed E-state index contributed by atoms with van der Waals surface area (Å²) in [5.41, 5.74) is 0. The first-order valence-corrected chi connectivity index (χ1v) is 6.12. The Hall–Kier alpha value is -1.43. The Morgan fingerprint density at radius 3 is 3.18 bits per heavy atom. The average Bonchev–Trinajstić information content (AvgIpc) is 3.05. The van der Waals surface area contributed by atoms with Gasteiger partial charge in [-0.15, -0.1) is 0 Å². The summed E-state index contributed by atoms with van der Waals surface area (Å²) in [6.45, 7) is 0.564. The number of aromatic nitrogens is 2. The van der Waals surface area contributed by atoms with Crippen LogP contribution in [-0.4, -0.2) is 34.7 Å². The first-order chi connectivity index (χ1) is 8.33. The molecule has 2 fully saturated rings. The van der Waals surface area contributed by atoms with Crippen LogP contribution in [0.15, 0.2) is 10.9 Å². The molecule has 0 radical (unpaired) electrons. The lowest BCUT2D eigenvalue weighted by atomic mass is 9.88. The second-order valence-corrected chi connectivity index (χ2v) is 4.77. The summed E-state index contributed by atoms with van der Waals surface area (Å²) in [5.74, 6) is 0.872. The summed E-state index contributed by atoms with van der Waals surface area (Å²) in [6.07, 6.45) is 5.30. The first kappa shape index (κ1) is 10.7. The van der Waals surface area contributed by atoms with Crippen LogP contribution in [0.1, 0.15) is 25.2 Å². The van der Waals surface area contributed by atoms with Crippen molar-refractivity contribution in [1.29, 1.82) is 0 Å². The third kappa shape index (κ3) is 2.17. The lowest BCUT2D eigenvalue weighted by molar-refractivity contribution is -0.125. The molecule has 2 saturated heterocycles. The van der Waals surface area contributed by atoms with Crippen LogP contribution < -0.4 is 10.6 Å². The highest BCUT2D eigenvalue weighted by atomic mass is 16.5. The fourth-order valence-corrected chi connectivity index (χ4v) is 2.84. The third-order valence-electron chi connectivity index (χ3n) is 3.68. The van der Waals surface area contributed by atoms with Gasteiger partial charge in [-0.2, -0.15) is 4.98 Å². The van der Waals surface area contributed by atoms with Gasteiger partial charge in [-0.1, -0.05) is 5.16 Å². The van der Waals surface area contributed by atoms with Crippen molar-refractivity contribution >= 4 is 5.91 Å². The molecule has 92 valence electrons. The van der Waals surface area contributed by atoms with Crippen molar-refractivity contribution in [3.63, 3.8) is 0 Å². The van der Waals surface area contributed by atoms with E-state index in [1.54, 1.807) is 0 Å². The van der Waals surface area contributed by atoms with Crippen LogP contribution in [0.2, 0.25) is 0 Å². The molecule has 2 bridgehead atoms. The van der Waals surface area contributed by atoms with Crippen LogP contribution in [0.25, 0.3) is 0 Å². The zero-order valence-corrected chi connectivity index (χ0v) is 9.56. The molecule has 0 aliphatic carbocycles. The van der Waals surface area contributed by atoms with Gasteiger partial charge in [-0.25, -0.2) is 0 Å². The molecular weight excluding hydrogens is 220 g/mol. The van der Waals surface area contributed by atoms with Crippen molar-refractivity contribution < 1.29 is 9.32 Å². The molecule has 6 heteroatoms. The van der Waals surface area contributed by atoms with Crippen molar-refractivity contribution in [2.45, 2.75) is 37.8 Å². The van der Waals surface area contributed by atoms with Gasteiger partial charge in [0.15, 0.2) is 6.33 Å². The number of hydrogen-bond donors (Lipinski definition) is 2. The number of carbonyl (C=O) groups excluding carboxylic acids is 1. The van der Waals surface area contributed by atoms with Crippen LogP contribution in [-0.2, 0) is 11.2 Å². The molecular formula is C11H16N4O2. The lowest BCUT2D eigenvalue weighted by Gasteiger charge is -2.19. The van der Waals surface area contributed by atoms with Gasteiger partial charge in [0.1, 0.15) is 0 Å². The molecule has 2 N–H and O–H groups in total. The maximum atomic E-state index is 11.9. The standard InChI is InChI=1S/C11H16N4O2/c16-11(8-5-7-1-2-9(8)15-7)12-4-3-10-13-6-14-17-10/h6-9,15H,1-5H2,(H,12,16). The van der Waals surface area contributed by atoms with E-state index in [0.29, 0.717) is 30.9 Å². The molecule has 3 rings (SSSR count). The van der Waals surface area contributed by atoms with Crippen molar-refractivity contribution in [2.75, 3.05) is 6.54 Å². The van der Waals surface area contributed by atoms with E-state index in [9.17, 15) is 4.79 Å². The summed E-state index contributed by atoms with van der Waals surface area (Å²) in [5, 5.41) is 9.92. The second-order valence-electron chi connectivity index (χ2n) is 4.77. The molecule has 1 aromatic heterocycles. The monoisotopic (exact) mass is 236 g/mol. The second kappa shape index (κ2) is 4.44. The Kier molecular flexibility index (Phi) is 2.80. The largest absolute Gasteiger partial charge is 0.355 e. The molecule has 0 spiro atoms. The van der Waals surface area contributed by atoms with E-state index in [-0.39, 0.29) is 11.8 Å². The molecule has 1 aromatic rings. The summed E-state index contributed by atoms with van der Waals surface area (Å²) < 4.78 is 4.87. The molecule has 3 unspecified atom stereocenters. The van der Waals surface area contributed by atoms with E-state index in [4.69, 9.17) is 4.52 Å². The third-order valence-corrected chi connectivity index (χ3v) is 3.68. The Morgan fingerprint density at radius 2 is 2.53 bits per heavy atom. The van der Waals surface area contributed by atoms with Crippen LogP contribution in [0.5, 0.6) is 0 Å². The minimum absolute atomic E-state index is 0.149. The fraction of sp³-hybridized carbons (Fsp3) is 0.727. The maximum Gasteiger partial charge on any atom is 0.228 e. The van der Waals surface area contributed by atoms with Gasteiger partial charge in [0, 0.05) is 25.0 Å². The van der Waals surface area contributed by atoms with Gasteiger partial charge >= 0.3 is 0 Å². The maximum absolute atomic E-state index is 11.9. The molecule has 3 atom stereocenters. The van der Waals surface area contributed by atoms with E-state index >= 15 is 0 Å². The summed E-state index contributed by atoms with van der Waals surface area (Å²) in [4.78, 5) is 15.9. The van der Waals surface area contributed by atoms with Crippen molar-refractivity contribution in [1.82, 2.24) is 20.8 Å². The highest BCUT2D eigenvalue weighted by Crippen LogP contribution is 2.33. The topological polar surface area (TPSA) is 80.1 Å². The molecule has 0 aromatic carbocycles. The molecule has 3 heterocycles. The zero-order valence-electron chi connectivity index (χ0n) is 9.56. The molecule has 2 aliphatic heterocycles. The predicted molar refractivity (Wildman–Crippen MR) is 59.1 cm³/mol. The van der Waals surface area contributed by atoms with Gasteiger partial charge in [0.25, 0.3) is 0 Å². The normalized spacial score (nSPS) is 30.7. The van der Waals surface area contributed by atoms with Gasteiger partial charge in [-0.3, -0.25) is 4.79 Å². The van der Waals surface area contributed by atoms with Gasteiger partial charge in [-0.05, 0) is 19.3 Å². The zero-order chi connectivity index (χ0) is 11.7. The molecule has 2 aliphatic rings. The summed E-state index contributed by atoms with van der Waals surface area (Å²) in [6, 6.07) is 0.954. The Bertz CT molecular complexity index is 392. The van der Waals surface area contributed by atoms with Crippen LogP contribution in [0, 0.1) is 5.92 Å². The van der Waals surface area contributed by atoms with E-state index in [2.05, 4.69) is 20.8 Å².